The van der Waals surface area contributed by atoms with Crippen molar-refractivity contribution in [2.45, 2.75) is 31.3 Å². The molecule has 5 rings (SSSR count). The van der Waals surface area contributed by atoms with Gasteiger partial charge in [0.1, 0.15) is 0 Å². The van der Waals surface area contributed by atoms with E-state index in [1.54, 1.807) is 6.20 Å². The van der Waals surface area contributed by atoms with Crippen molar-refractivity contribution in [3.05, 3.63) is 42.0 Å². The van der Waals surface area contributed by atoms with Gasteiger partial charge in [-0.2, -0.15) is 0 Å². The molecule has 0 amide bonds. The Morgan fingerprint density at radius 3 is 3.05 bits per heavy atom. The van der Waals surface area contributed by atoms with Gasteiger partial charge < -0.3 is 5.11 Å². The highest BCUT2D eigenvalue weighted by molar-refractivity contribution is 5.13. The minimum atomic E-state index is 0.275. The molecule has 2 bridgehead atoms. The lowest BCUT2D eigenvalue weighted by molar-refractivity contribution is 0.00184. The van der Waals surface area contributed by atoms with E-state index in [9.17, 15) is 5.11 Å². The van der Waals surface area contributed by atoms with Gasteiger partial charge >= 0.3 is 0 Å². The average molecular weight is 299 g/mol. The molecule has 0 spiro atoms. The number of aromatic nitrogens is 4. The summed E-state index contributed by atoms with van der Waals surface area (Å²) in [6.45, 7) is 3.09. The number of piperidine rings is 3. The van der Waals surface area contributed by atoms with E-state index >= 15 is 0 Å². The molecule has 0 radical (unpaired) electrons. The first-order chi connectivity index (χ1) is 10.8. The summed E-state index contributed by atoms with van der Waals surface area (Å²) in [5.74, 6) is 1.09. The zero-order valence-electron chi connectivity index (χ0n) is 12.5. The molecule has 0 aromatic carbocycles. The number of aliphatic hydroxyl groups excluding tert-OH is 1. The van der Waals surface area contributed by atoms with Gasteiger partial charge in [-0.15, -0.1) is 5.10 Å². The van der Waals surface area contributed by atoms with E-state index in [1.165, 1.54) is 6.42 Å². The summed E-state index contributed by atoms with van der Waals surface area (Å²) < 4.78 is 1.90. The lowest BCUT2D eigenvalue weighted by atomic mass is 9.74. The monoisotopic (exact) mass is 299 g/mol. The van der Waals surface area contributed by atoms with Crippen LogP contribution in [-0.2, 0) is 6.54 Å². The highest BCUT2D eigenvalue weighted by atomic mass is 16.3. The summed E-state index contributed by atoms with van der Waals surface area (Å²) in [6, 6.07) is 4.34. The Bertz CT molecular complexity index is 628. The highest BCUT2D eigenvalue weighted by Gasteiger charge is 2.41. The van der Waals surface area contributed by atoms with Crippen LogP contribution in [0, 0.1) is 5.92 Å². The Morgan fingerprint density at radius 1 is 1.36 bits per heavy atom. The molecule has 3 fully saturated rings. The summed E-state index contributed by atoms with van der Waals surface area (Å²) in [6.07, 6.45) is 8.00. The maximum atomic E-state index is 9.46. The van der Waals surface area contributed by atoms with E-state index in [4.69, 9.17) is 0 Å². The normalized spacial score (nSPS) is 30.6. The van der Waals surface area contributed by atoms with Crippen LogP contribution < -0.4 is 0 Å². The first-order valence-electron chi connectivity index (χ1n) is 7.97. The second-order valence-electron chi connectivity index (χ2n) is 6.42. The molecule has 3 saturated heterocycles. The van der Waals surface area contributed by atoms with Crippen molar-refractivity contribution in [1.29, 1.82) is 0 Å². The molecule has 2 aromatic heterocycles. The molecule has 1 N–H and O–H groups in total. The fraction of sp³-hybridized carbons (Fsp3) is 0.562. The van der Waals surface area contributed by atoms with Crippen LogP contribution in [0.2, 0.25) is 0 Å². The van der Waals surface area contributed by atoms with Gasteiger partial charge in [-0.1, -0.05) is 11.3 Å². The minimum Gasteiger partial charge on any atom is -0.395 e. The predicted molar refractivity (Wildman–Crippen MR) is 81.3 cm³/mol. The fourth-order valence-corrected chi connectivity index (χ4v) is 3.90. The first-order valence-corrected chi connectivity index (χ1v) is 7.97. The number of hydrogen-bond acceptors (Lipinski definition) is 5. The van der Waals surface area contributed by atoms with Crippen LogP contribution in [0.25, 0.3) is 0 Å². The Balaban J connectivity index is 1.48. The molecular formula is C16H21N5O. The number of rotatable bonds is 4. The second-order valence-corrected chi connectivity index (χ2v) is 6.42. The fourth-order valence-electron chi connectivity index (χ4n) is 3.90. The van der Waals surface area contributed by atoms with Crippen LogP contribution in [0.3, 0.4) is 0 Å². The van der Waals surface area contributed by atoms with Crippen LogP contribution >= 0.6 is 0 Å². The SMILES string of the molecule is OC[C@H]1C[C@H]2CCN1C[C@@H]2c1cn(Cc2cccnc2)nn1. The summed E-state index contributed by atoms with van der Waals surface area (Å²) in [7, 11) is 0. The van der Waals surface area contributed by atoms with Gasteiger partial charge in [0, 0.05) is 37.1 Å². The molecule has 0 aliphatic carbocycles. The van der Waals surface area contributed by atoms with Crippen LogP contribution in [0.5, 0.6) is 0 Å². The van der Waals surface area contributed by atoms with Crippen LogP contribution in [-0.4, -0.2) is 55.7 Å². The van der Waals surface area contributed by atoms with Crippen molar-refractivity contribution in [3.8, 4) is 0 Å². The molecule has 22 heavy (non-hydrogen) atoms. The quantitative estimate of drug-likeness (QED) is 0.908. The van der Waals surface area contributed by atoms with Gasteiger partial charge in [-0.3, -0.25) is 9.88 Å². The van der Waals surface area contributed by atoms with Crippen LogP contribution in [0.4, 0.5) is 0 Å². The van der Waals surface area contributed by atoms with Gasteiger partial charge in [0.15, 0.2) is 0 Å². The number of fused-ring (bicyclic) bond motifs is 3. The Labute approximate surface area is 129 Å². The van der Waals surface area contributed by atoms with Crippen molar-refractivity contribution >= 4 is 0 Å². The third kappa shape index (κ3) is 2.53. The van der Waals surface area contributed by atoms with Gasteiger partial charge in [-0.25, -0.2) is 4.68 Å². The van der Waals surface area contributed by atoms with Crippen molar-refractivity contribution in [2.24, 2.45) is 5.92 Å². The molecule has 3 aliphatic heterocycles. The zero-order valence-corrected chi connectivity index (χ0v) is 12.5. The first kappa shape index (κ1) is 13.8. The molecule has 0 saturated carbocycles. The van der Waals surface area contributed by atoms with E-state index in [2.05, 4.69) is 32.5 Å². The van der Waals surface area contributed by atoms with Crippen molar-refractivity contribution < 1.29 is 5.11 Å². The molecule has 6 nitrogen and oxygen atoms in total. The van der Waals surface area contributed by atoms with E-state index in [-0.39, 0.29) is 6.61 Å². The van der Waals surface area contributed by atoms with Crippen molar-refractivity contribution in [3.63, 3.8) is 0 Å². The Morgan fingerprint density at radius 2 is 2.32 bits per heavy atom. The second kappa shape index (κ2) is 5.78. The summed E-state index contributed by atoms with van der Waals surface area (Å²) in [5.41, 5.74) is 2.23. The number of aliphatic hydroxyl groups is 1. The molecule has 4 atom stereocenters. The molecule has 3 aliphatic rings. The summed E-state index contributed by atoms with van der Waals surface area (Å²) >= 11 is 0. The maximum Gasteiger partial charge on any atom is 0.0873 e. The Kier molecular flexibility index (Phi) is 3.63. The molecule has 1 unspecified atom stereocenters. The predicted octanol–water partition coefficient (Wildman–Crippen LogP) is 0.891. The minimum absolute atomic E-state index is 0.275. The molecule has 116 valence electrons. The maximum absolute atomic E-state index is 9.46. The lowest BCUT2D eigenvalue weighted by Crippen LogP contribution is -2.53. The van der Waals surface area contributed by atoms with Crippen molar-refractivity contribution in [2.75, 3.05) is 19.7 Å². The van der Waals surface area contributed by atoms with E-state index in [1.807, 2.05) is 16.9 Å². The zero-order chi connectivity index (χ0) is 14.9. The van der Waals surface area contributed by atoms with E-state index < -0.39 is 0 Å². The van der Waals surface area contributed by atoms with Gasteiger partial charge in [0.25, 0.3) is 0 Å². The van der Waals surface area contributed by atoms with Crippen LogP contribution in [0.1, 0.15) is 30.0 Å². The third-order valence-corrected chi connectivity index (χ3v) is 5.09. The van der Waals surface area contributed by atoms with Gasteiger partial charge in [0.2, 0.25) is 0 Å². The largest absolute Gasteiger partial charge is 0.395 e. The third-order valence-electron chi connectivity index (χ3n) is 5.09. The summed E-state index contributed by atoms with van der Waals surface area (Å²) in [4.78, 5) is 6.54. The number of pyridine rings is 1. The van der Waals surface area contributed by atoms with E-state index in [0.717, 1.165) is 30.8 Å². The van der Waals surface area contributed by atoms with Crippen molar-refractivity contribution in [1.82, 2.24) is 24.9 Å². The molecule has 2 aromatic rings. The average Bonchev–Trinajstić information content (AvgIpc) is 3.04. The van der Waals surface area contributed by atoms with Gasteiger partial charge in [-0.05, 0) is 36.9 Å². The molecular weight excluding hydrogens is 278 g/mol. The van der Waals surface area contributed by atoms with Gasteiger partial charge in [0.05, 0.1) is 18.8 Å². The van der Waals surface area contributed by atoms with Crippen LogP contribution in [0.15, 0.2) is 30.7 Å². The van der Waals surface area contributed by atoms with E-state index in [0.29, 0.717) is 24.4 Å². The Hall–Kier alpha value is -1.79. The molecule has 6 heteroatoms. The molecule has 5 heterocycles. The smallest absolute Gasteiger partial charge is 0.0873 e. The lowest BCUT2D eigenvalue weighted by Gasteiger charge is -2.48. The summed E-state index contributed by atoms with van der Waals surface area (Å²) in [5, 5.41) is 18.1. The standard InChI is InChI=1S/C16H21N5O/c22-11-14-6-13-3-5-20(14)9-15(13)16-10-21(19-18-16)8-12-2-1-4-17-7-12/h1-2,4,7,10,13-15,22H,3,5-6,8-9,11H2/t13-,14-,15+/m1/s1. The number of hydrogen-bond donors (Lipinski definition) is 1. The number of nitrogens with zero attached hydrogens (tertiary/aromatic N) is 5. The topological polar surface area (TPSA) is 67.1 Å². The highest BCUT2D eigenvalue weighted by Crippen LogP contribution is 2.40.